The molecule has 0 bridgehead atoms. The van der Waals surface area contributed by atoms with E-state index in [-0.39, 0.29) is 5.91 Å². The van der Waals surface area contributed by atoms with E-state index in [1.165, 1.54) is 0 Å². The van der Waals surface area contributed by atoms with Crippen LogP contribution in [0, 0.1) is 0 Å². The Bertz CT molecular complexity index is 774. The molecule has 0 unspecified atom stereocenters. The van der Waals surface area contributed by atoms with Crippen LogP contribution < -0.4 is 0 Å². The zero-order valence-corrected chi connectivity index (χ0v) is 12.3. The van der Waals surface area contributed by atoms with Crippen molar-refractivity contribution in [1.82, 2.24) is 9.47 Å². The van der Waals surface area contributed by atoms with E-state index in [2.05, 4.69) is 0 Å². The van der Waals surface area contributed by atoms with Gasteiger partial charge in [-0.2, -0.15) is 0 Å². The molecule has 3 heteroatoms. The quantitative estimate of drug-likeness (QED) is 0.720. The predicted octanol–water partition coefficient (Wildman–Crippen LogP) is 3.45. The average molecular weight is 278 g/mol. The van der Waals surface area contributed by atoms with Crippen LogP contribution >= 0.6 is 0 Å². The van der Waals surface area contributed by atoms with Crippen LogP contribution in [0.25, 0.3) is 10.9 Å². The van der Waals surface area contributed by atoms with Gasteiger partial charge >= 0.3 is 0 Å². The maximum absolute atomic E-state index is 12.7. The zero-order chi connectivity index (χ0) is 14.8. The summed E-state index contributed by atoms with van der Waals surface area (Å²) >= 11 is 0. The van der Waals surface area contributed by atoms with E-state index >= 15 is 0 Å². The van der Waals surface area contributed by atoms with Gasteiger partial charge in [-0.25, -0.2) is 0 Å². The van der Waals surface area contributed by atoms with Crippen LogP contribution in [0.15, 0.2) is 60.8 Å². The summed E-state index contributed by atoms with van der Waals surface area (Å²) in [4.78, 5) is 14.4. The van der Waals surface area contributed by atoms with Crippen LogP contribution in [0.1, 0.15) is 15.9 Å². The lowest BCUT2D eigenvalue weighted by molar-refractivity contribution is 0.0787. The second-order valence-electron chi connectivity index (χ2n) is 5.31. The highest BCUT2D eigenvalue weighted by Gasteiger charge is 2.15. The Balaban J connectivity index is 1.90. The first-order valence-corrected chi connectivity index (χ1v) is 7.00. The lowest BCUT2D eigenvalue weighted by atomic mass is 10.1. The van der Waals surface area contributed by atoms with Gasteiger partial charge in [-0.05, 0) is 23.8 Å². The highest BCUT2D eigenvalue weighted by atomic mass is 16.2. The molecule has 3 nitrogen and oxygen atoms in total. The first-order valence-electron chi connectivity index (χ1n) is 7.00. The van der Waals surface area contributed by atoms with Gasteiger partial charge in [0, 0.05) is 43.3 Å². The Morgan fingerprint density at radius 3 is 2.57 bits per heavy atom. The predicted molar refractivity (Wildman–Crippen MR) is 85.2 cm³/mol. The number of carbonyl (C=O) groups is 1. The van der Waals surface area contributed by atoms with Crippen molar-refractivity contribution in [3.63, 3.8) is 0 Å². The zero-order valence-electron chi connectivity index (χ0n) is 12.3. The Morgan fingerprint density at radius 1 is 1.05 bits per heavy atom. The second kappa shape index (κ2) is 5.44. The molecule has 3 rings (SSSR count). The molecule has 0 fully saturated rings. The van der Waals surface area contributed by atoms with Gasteiger partial charge in [0.25, 0.3) is 5.91 Å². The third-order valence-electron chi connectivity index (χ3n) is 3.77. The molecule has 1 heterocycles. The molecule has 0 saturated carbocycles. The molecular weight excluding hydrogens is 260 g/mol. The summed E-state index contributed by atoms with van der Waals surface area (Å²) in [5.74, 6) is 0.0515. The summed E-state index contributed by atoms with van der Waals surface area (Å²) in [5.41, 5.74) is 2.97. The summed E-state index contributed by atoms with van der Waals surface area (Å²) in [6.07, 6.45) is 1.98. The van der Waals surface area contributed by atoms with Gasteiger partial charge in [0.2, 0.25) is 0 Å². The van der Waals surface area contributed by atoms with E-state index in [1.54, 1.807) is 4.90 Å². The summed E-state index contributed by atoms with van der Waals surface area (Å²) < 4.78 is 2.03. The molecule has 2 aromatic carbocycles. The largest absolute Gasteiger partial charge is 0.351 e. The van der Waals surface area contributed by atoms with Crippen molar-refractivity contribution in [2.24, 2.45) is 7.05 Å². The van der Waals surface area contributed by atoms with Crippen LogP contribution in [0.2, 0.25) is 0 Å². The van der Waals surface area contributed by atoms with E-state index in [1.807, 2.05) is 79.5 Å². The third-order valence-corrected chi connectivity index (χ3v) is 3.77. The summed E-state index contributed by atoms with van der Waals surface area (Å²) in [5, 5.41) is 1.00. The van der Waals surface area contributed by atoms with Crippen molar-refractivity contribution in [3.8, 4) is 0 Å². The smallest absolute Gasteiger partial charge is 0.254 e. The van der Waals surface area contributed by atoms with E-state index in [0.29, 0.717) is 6.54 Å². The SMILES string of the molecule is CN(Cc1ccccc1)C(=O)c1cccc2c1ccn2C. The molecule has 0 N–H and O–H groups in total. The average Bonchev–Trinajstić information content (AvgIpc) is 2.89. The topological polar surface area (TPSA) is 25.2 Å². The van der Waals surface area contributed by atoms with Crippen LogP contribution in [0.4, 0.5) is 0 Å². The van der Waals surface area contributed by atoms with Crippen molar-refractivity contribution < 1.29 is 4.79 Å². The molecule has 0 spiro atoms. The van der Waals surface area contributed by atoms with Gasteiger partial charge in [-0.3, -0.25) is 4.79 Å². The van der Waals surface area contributed by atoms with Crippen molar-refractivity contribution in [2.45, 2.75) is 6.54 Å². The van der Waals surface area contributed by atoms with Crippen LogP contribution in [0.3, 0.4) is 0 Å². The number of hydrogen-bond acceptors (Lipinski definition) is 1. The van der Waals surface area contributed by atoms with Crippen molar-refractivity contribution in [2.75, 3.05) is 7.05 Å². The minimum atomic E-state index is 0.0515. The number of rotatable bonds is 3. The van der Waals surface area contributed by atoms with Crippen LogP contribution in [-0.4, -0.2) is 22.4 Å². The molecule has 1 amide bonds. The van der Waals surface area contributed by atoms with E-state index in [9.17, 15) is 4.79 Å². The first kappa shape index (κ1) is 13.4. The first-order chi connectivity index (χ1) is 10.2. The fraction of sp³-hybridized carbons (Fsp3) is 0.167. The molecule has 0 aliphatic heterocycles. The van der Waals surface area contributed by atoms with Gasteiger partial charge in [0.15, 0.2) is 0 Å². The number of nitrogens with zero attached hydrogens (tertiary/aromatic N) is 2. The molecule has 0 saturated heterocycles. The standard InChI is InChI=1S/C18H18N2O/c1-19-12-11-15-16(9-6-10-17(15)19)18(21)20(2)13-14-7-4-3-5-8-14/h3-12H,13H2,1-2H3. The van der Waals surface area contributed by atoms with E-state index < -0.39 is 0 Å². The number of hydrogen-bond donors (Lipinski definition) is 0. The van der Waals surface area contributed by atoms with Crippen molar-refractivity contribution in [1.29, 1.82) is 0 Å². The summed E-state index contributed by atoms with van der Waals surface area (Å²) in [6.45, 7) is 0.614. The minimum Gasteiger partial charge on any atom is -0.351 e. The molecule has 0 aliphatic carbocycles. The highest BCUT2D eigenvalue weighted by Crippen LogP contribution is 2.21. The van der Waals surface area contributed by atoms with Gasteiger partial charge in [-0.15, -0.1) is 0 Å². The summed E-state index contributed by atoms with van der Waals surface area (Å²) in [7, 11) is 3.83. The number of aryl methyl sites for hydroxylation is 1. The third kappa shape index (κ3) is 2.55. The number of fused-ring (bicyclic) bond motifs is 1. The maximum atomic E-state index is 12.7. The maximum Gasteiger partial charge on any atom is 0.254 e. The Morgan fingerprint density at radius 2 is 1.81 bits per heavy atom. The van der Waals surface area contributed by atoms with Crippen molar-refractivity contribution in [3.05, 3.63) is 71.9 Å². The normalized spacial score (nSPS) is 10.8. The number of aromatic nitrogens is 1. The van der Waals surface area contributed by atoms with E-state index in [0.717, 1.165) is 22.0 Å². The van der Waals surface area contributed by atoms with Gasteiger partial charge in [0.05, 0.1) is 0 Å². The van der Waals surface area contributed by atoms with Crippen molar-refractivity contribution >= 4 is 16.8 Å². The molecule has 1 aromatic heterocycles. The van der Waals surface area contributed by atoms with E-state index in [4.69, 9.17) is 0 Å². The molecule has 0 aliphatic rings. The highest BCUT2D eigenvalue weighted by molar-refractivity contribution is 6.06. The molecule has 0 atom stereocenters. The lowest BCUT2D eigenvalue weighted by Crippen LogP contribution is -2.26. The van der Waals surface area contributed by atoms with Crippen LogP contribution in [-0.2, 0) is 13.6 Å². The summed E-state index contributed by atoms with van der Waals surface area (Å²) in [6, 6.07) is 17.9. The number of benzene rings is 2. The minimum absolute atomic E-state index is 0.0515. The fourth-order valence-electron chi connectivity index (χ4n) is 2.62. The number of amides is 1. The molecular formula is C18H18N2O. The fourth-order valence-corrected chi connectivity index (χ4v) is 2.62. The van der Waals surface area contributed by atoms with Crippen LogP contribution in [0.5, 0.6) is 0 Å². The Labute approximate surface area is 124 Å². The van der Waals surface area contributed by atoms with Gasteiger partial charge in [-0.1, -0.05) is 36.4 Å². The lowest BCUT2D eigenvalue weighted by Gasteiger charge is -2.18. The van der Waals surface area contributed by atoms with Gasteiger partial charge < -0.3 is 9.47 Å². The monoisotopic (exact) mass is 278 g/mol. The second-order valence-corrected chi connectivity index (χ2v) is 5.31. The molecule has 106 valence electrons. The van der Waals surface area contributed by atoms with Gasteiger partial charge in [0.1, 0.15) is 0 Å². The Kier molecular flexibility index (Phi) is 3.48. The Hall–Kier alpha value is -2.55. The molecule has 3 aromatic rings. The molecule has 0 radical (unpaired) electrons. The number of carbonyl (C=O) groups excluding carboxylic acids is 1. The molecule has 21 heavy (non-hydrogen) atoms.